The second-order valence-electron chi connectivity index (χ2n) is 5.05. The lowest BCUT2D eigenvalue weighted by molar-refractivity contribution is -0.121. The van der Waals surface area contributed by atoms with Gasteiger partial charge in [-0.2, -0.15) is 0 Å². The van der Waals surface area contributed by atoms with Crippen LogP contribution < -0.4 is 5.32 Å². The van der Waals surface area contributed by atoms with Crippen LogP contribution in [0.5, 0.6) is 0 Å². The van der Waals surface area contributed by atoms with Crippen LogP contribution in [0.2, 0.25) is 0 Å². The SMILES string of the molecule is O=C(NCc1ccco1)C(c1ccccc1)c1ccccc1. The molecule has 0 aliphatic carbocycles. The van der Waals surface area contributed by atoms with Gasteiger partial charge in [0.1, 0.15) is 5.76 Å². The van der Waals surface area contributed by atoms with Crippen LogP contribution in [-0.4, -0.2) is 5.91 Å². The molecule has 3 aromatic rings. The molecule has 3 rings (SSSR count). The maximum absolute atomic E-state index is 12.7. The summed E-state index contributed by atoms with van der Waals surface area (Å²) < 4.78 is 5.26. The largest absolute Gasteiger partial charge is 0.467 e. The highest BCUT2D eigenvalue weighted by Crippen LogP contribution is 2.24. The van der Waals surface area contributed by atoms with E-state index in [0.29, 0.717) is 6.54 Å². The molecule has 1 heterocycles. The van der Waals surface area contributed by atoms with E-state index in [1.54, 1.807) is 6.26 Å². The third-order valence-corrected chi connectivity index (χ3v) is 3.54. The van der Waals surface area contributed by atoms with Crippen LogP contribution in [0.1, 0.15) is 22.8 Å². The van der Waals surface area contributed by atoms with Crippen LogP contribution in [-0.2, 0) is 11.3 Å². The van der Waals surface area contributed by atoms with Gasteiger partial charge in [0.2, 0.25) is 5.91 Å². The molecular formula is C19H17NO2. The zero-order chi connectivity index (χ0) is 15.2. The van der Waals surface area contributed by atoms with Gasteiger partial charge in [0, 0.05) is 0 Å². The first-order valence-electron chi connectivity index (χ1n) is 7.24. The van der Waals surface area contributed by atoms with Crippen molar-refractivity contribution in [3.05, 3.63) is 95.9 Å². The molecule has 110 valence electrons. The Morgan fingerprint density at radius 1 is 0.864 bits per heavy atom. The van der Waals surface area contributed by atoms with E-state index in [9.17, 15) is 4.79 Å². The van der Waals surface area contributed by atoms with Crippen molar-refractivity contribution in [3.63, 3.8) is 0 Å². The fraction of sp³-hybridized carbons (Fsp3) is 0.105. The fourth-order valence-corrected chi connectivity index (χ4v) is 2.48. The standard InChI is InChI=1S/C19H17NO2/c21-19(20-14-17-12-7-13-22-17)18(15-8-3-1-4-9-15)16-10-5-2-6-11-16/h1-13,18H,14H2,(H,20,21). The summed E-state index contributed by atoms with van der Waals surface area (Å²) >= 11 is 0. The molecule has 0 spiro atoms. The highest BCUT2D eigenvalue weighted by atomic mass is 16.3. The molecule has 1 aromatic heterocycles. The lowest BCUT2D eigenvalue weighted by Gasteiger charge is -2.17. The molecule has 22 heavy (non-hydrogen) atoms. The van der Waals surface area contributed by atoms with Crippen molar-refractivity contribution in [1.29, 1.82) is 0 Å². The minimum atomic E-state index is -0.322. The molecule has 3 nitrogen and oxygen atoms in total. The van der Waals surface area contributed by atoms with Crippen LogP contribution >= 0.6 is 0 Å². The minimum Gasteiger partial charge on any atom is -0.467 e. The van der Waals surface area contributed by atoms with Gasteiger partial charge in [-0.05, 0) is 23.3 Å². The van der Waals surface area contributed by atoms with Gasteiger partial charge in [-0.3, -0.25) is 4.79 Å². The summed E-state index contributed by atoms with van der Waals surface area (Å²) in [6.45, 7) is 0.391. The van der Waals surface area contributed by atoms with Gasteiger partial charge < -0.3 is 9.73 Å². The fourth-order valence-electron chi connectivity index (χ4n) is 2.48. The van der Waals surface area contributed by atoms with Crippen molar-refractivity contribution >= 4 is 5.91 Å². The Hall–Kier alpha value is -2.81. The number of rotatable bonds is 5. The summed E-state index contributed by atoms with van der Waals surface area (Å²) in [5.74, 6) is 0.388. The number of nitrogens with one attached hydrogen (secondary N) is 1. The second-order valence-corrected chi connectivity index (χ2v) is 5.05. The van der Waals surface area contributed by atoms with Crippen LogP contribution in [0.4, 0.5) is 0 Å². The first-order chi connectivity index (χ1) is 10.8. The maximum Gasteiger partial charge on any atom is 0.232 e. The zero-order valence-corrected chi connectivity index (χ0v) is 12.1. The Labute approximate surface area is 129 Å². The summed E-state index contributed by atoms with van der Waals surface area (Å²) in [5, 5.41) is 2.95. The van der Waals surface area contributed by atoms with E-state index >= 15 is 0 Å². The summed E-state index contributed by atoms with van der Waals surface area (Å²) in [4.78, 5) is 12.7. The van der Waals surface area contributed by atoms with E-state index in [1.165, 1.54) is 0 Å². The van der Waals surface area contributed by atoms with Crippen molar-refractivity contribution in [2.75, 3.05) is 0 Å². The molecule has 0 radical (unpaired) electrons. The molecule has 2 aromatic carbocycles. The van der Waals surface area contributed by atoms with Gasteiger partial charge in [-0.1, -0.05) is 60.7 Å². The summed E-state index contributed by atoms with van der Waals surface area (Å²) in [6.07, 6.45) is 1.60. The number of hydrogen-bond donors (Lipinski definition) is 1. The quantitative estimate of drug-likeness (QED) is 0.778. The van der Waals surface area contributed by atoms with E-state index in [2.05, 4.69) is 5.32 Å². The van der Waals surface area contributed by atoms with Gasteiger partial charge in [0.05, 0.1) is 18.7 Å². The highest BCUT2D eigenvalue weighted by molar-refractivity contribution is 5.87. The van der Waals surface area contributed by atoms with E-state index in [-0.39, 0.29) is 11.8 Å². The third-order valence-electron chi connectivity index (χ3n) is 3.54. The molecular weight excluding hydrogens is 274 g/mol. The molecule has 0 unspecified atom stereocenters. The molecule has 0 saturated carbocycles. The molecule has 1 N–H and O–H groups in total. The molecule has 0 fully saturated rings. The van der Waals surface area contributed by atoms with E-state index in [0.717, 1.165) is 16.9 Å². The Morgan fingerprint density at radius 2 is 1.45 bits per heavy atom. The van der Waals surface area contributed by atoms with Gasteiger partial charge in [0.15, 0.2) is 0 Å². The number of hydrogen-bond acceptors (Lipinski definition) is 2. The zero-order valence-electron chi connectivity index (χ0n) is 12.1. The Kier molecular flexibility index (Phi) is 4.35. The lowest BCUT2D eigenvalue weighted by Crippen LogP contribution is -2.29. The Bertz CT molecular complexity index is 666. The van der Waals surface area contributed by atoms with Crippen LogP contribution in [0.25, 0.3) is 0 Å². The van der Waals surface area contributed by atoms with Gasteiger partial charge >= 0.3 is 0 Å². The Morgan fingerprint density at radius 3 is 1.95 bits per heavy atom. The van der Waals surface area contributed by atoms with Crippen LogP contribution in [0.15, 0.2) is 83.5 Å². The van der Waals surface area contributed by atoms with Gasteiger partial charge in [-0.25, -0.2) is 0 Å². The molecule has 0 saturated heterocycles. The van der Waals surface area contributed by atoms with Crippen molar-refractivity contribution in [1.82, 2.24) is 5.32 Å². The second kappa shape index (κ2) is 6.76. The molecule has 0 bridgehead atoms. The minimum absolute atomic E-state index is 0.0335. The molecule has 0 aliphatic heterocycles. The van der Waals surface area contributed by atoms with Crippen molar-refractivity contribution in [2.45, 2.75) is 12.5 Å². The number of benzene rings is 2. The third kappa shape index (κ3) is 3.26. The van der Waals surface area contributed by atoms with Crippen molar-refractivity contribution in [3.8, 4) is 0 Å². The topological polar surface area (TPSA) is 42.2 Å². The first-order valence-corrected chi connectivity index (χ1v) is 7.24. The lowest BCUT2D eigenvalue weighted by atomic mass is 9.90. The van der Waals surface area contributed by atoms with Crippen molar-refractivity contribution < 1.29 is 9.21 Å². The maximum atomic E-state index is 12.7. The van der Waals surface area contributed by atoms with E-state index in [1.807, 2.05) is 72.8 Å². The van der Waals surface area contributed by atoms with Gasteiger partial charge in [-0.15, -0.1) is 0 Å². The normalized spacial score (nSPS) is 10.6. The number of carbonyl (C=O) groups excluding carboxylic acids is 1. The number of carbonyl (C=O) groups is 1. The van der Waals surface area contributed by atoms with Crippen molar-refractivity contribution in [2.24, 2.45) is 0 Å². The summed E-state index contributed by atoms with van der Waals surface area (Å²) in [7, 11) is 0. The first kappa shape index (κ1) is 14.1. The average Bonchev–Trinajstić information content (AvgIpc) is 3.09. The molecule has 0 aliphatic rings. The smallest absolute Gasteiger partial charge is 0.232 e. The highest BCUT2D eigenvalue weighted by Gasteiger charge is 2.22. The monoisotopic (exact) mass is 291 g/mol. The number of amides is 1. The summed E-state index contributed by atoms with van der Waals surface area (Å²) in [6, 6.07) is 23.3. The van der Waals surface area contributed by atoms with Gasteiger partial charge in [0.25, 0.3) is 0 Å². The Balaban J connectivity index is 1.83. The summed E-state index contributed by atoms with van der Waals surface area (Å²) in [5.41, 5.74) is 1.95. The predicted octanol–water partition coefficient (Wildman–Crippen LogP) is 3.73. The molecule has 3 heteroatoms. The van der Waals surface area contributed by atoms with E-state index in [4.69, 9.17) is 4.42 Å². The van der Waals surface area contributed by atoms with E-state index < -0.39 is 0 Å². The predicted molar refractivity (Wildman–Crippen MR) is 85.3 cm³/mol. The average molecular weight is 291 g/mol. The molecule has 1 amide bonds. The van der Waals surface area contributed by atoms with Crippen LogP contribution in [0, 0.1) is 0 Å². The number of furan rings is 1. The van der Waals surface area contributed by atoms with Crippen LogP contribution in [0.3, 0.4) is 0 Å². The molecule has 0 atom stereocenters.